The minimum absolute atomic E-state index is 0.0605. The lowest BCUT2D eigenvalue weighted by molar-refractivity contribution is -0.121. The summed E-state index contributed by atoms with van der Waals surface area (Å²) in [6, 6.07) is 10.4. The highest BCUT2D eigenvalue weighted by Crippen LogP contribution is 2.25. The standard InChI is InChI=1S/C16H13FN2O4S/c17-11-2-1-3-12(10-11)18-24(22,23)14-6-4-13(5-7-14)19-15(20)8-9-16(19)21/h1-7,10,18H,8-9H2. The lowest BCUT2D eigenvalue weighted by atomic mass is 10.3. The molecule has 124 valence electrons. The molecule has 8 heteroatoms. The second-order valence-electron chi connectivity index (χ2n) is 5.23. The Morgan fingerprint density at radius 2 is 1.58 bits per heavy atom. The van der Waals surface area contributed by atoms with Crippen molar-refractivity contribution in [2.24, 2.45) is 0 Å². The Morgan fingerprint density at radius 3 is 2.17 bits per heavy atom. The molecule has 1 heterocycles. The molecule has 24 heavy (non-hydrogen) atoms. The molecular weight excluding hydrogens is 335 g/mol. The van der Waals surface area contributed by atoms with Crippen LogP contribution >= 0.6 is 0 Å². The monoisotopic (exact) mass is 348 g/mol. The summed E-state index contributed by atoms with van der Waals surface area (Å²) in [6.45, 7) is 0. The molecule has 0 unspecified atom stereocenters. The Hall–Kier alpha value is -2.74. The van der Waals surface area contributed by atoms with E-state index in [1.807, 2.05) is 0 Å². The highest BCUT2D eigenvalue weighted by atomic mass is 32.2. The zero-order valence-corrected chi connectivity index (χ0v) is 13.2. The van der Waals surface area contributed by atoms with Gasteiger partial charge in [-0.3, -0.25) is 19.2 Å². The first kappa shape index (κ1) is 16.1. The SMILES string of the molecule is O=C1CCC(=O)N1c1ccc(S(=O)(=O)Nc2cccc(F)c2)cc1. The lowest BCUT2D eigenvalue weighted by Crippen LogP contribution is -2.28. The first-order valence-corrected chi connectivity index (χ1v) is 8.59. The number of halogens is 1. The van der Waals surface area contributed by atoms with Crippen LogP contribution in [0.5, 0.6) is 0 Å². The number of carbonyl (C=O) groups excluding carboxylic acids is 2. The summed E-state index contributed by atoms with van der Waals surface area (Å²) in [6.07, 6.45) is 0.306. The van der Waals surface area contributed by atoms with Crippen molar-refractivity contribution < 1.29 is 22.4 Å². The van der Waals surface area contributed by atoms with E-state index < -0.39 is 15.8 Å². The largest absolute Gasteiger partial charge is 0.280 e. The third-order valence-corrected chi connectivity index (χ3v) is 4.93. The second kappa shape index (κ2) is 6.04. The van der Waals surface area contributed by atoms with Crippen LogP contribution in [0.4, 0.5) is 15.8 Å². The molecule has 0 bridgehead atoms. The molecule has 3 rings (SSSR count). The van der Waals surface area contributed by atoms with Gasteiger partial charge in [0.2, 0.25) is 11.8 Å². The summed E-state index contributed by atoms with van der Waals surface area (Å²) in [7, 11) is -3.90. The van der Waals surface area contributed by atoms with E-state index in [0.29, 0.717) is 5.69 Å². The number of benzene rings is 2. The van der Waals surface area contributed by atoms with Crippen LogP contribution in [-0.4, -0.2) is 20.2 Å². The number of anilines is 2. The van der Waals surface area contributed by atoms with Crippen LogP contribution in [0.2, 0.25) is 0 Å². The predicted octanol–water partition coefficient (Wildman–Crippen LogP) is 2.28. The van der Waals surface area contributed by atoms with Crippen LogP contribution < -0.4 is 9.62 Å². The molecule has 1 fully saturated rings. The molecule has 2 aromatic rings. The summed E-state index contributed by atoms with van der Waals surface area (Å²) in [5.74, 6) is -1.18. The molecule has 1 aliphatic heterocycles. The van der Waals surface area contributed by atoms with Crippen molar-refractivity contribution in [3.8, 4) is 0 Å². The van der Waals surface area contributed by atoms with E-state index in [9.17, 15) is 22.4 Å². The van der Waals surface area contributed by atoms with E-state index in [-0.39, 0.29) is 35.2 Å². The van der Waals surface area contributed by atoms with E-state index >= 15 is 0 Å². The summed E-state index contributed by atoms with van der Waals surface area (Å²) < 4.78 is 40.0. The van der Waals surface area contributed by atoms with Gasteiger partial charge in [0.25, 0.3) is 10.0 Å². The van der Waals surface area contributed by atoms with Crippen molar-refractivity contribution in [1.29, 1.82) is 0 Å². The Labute approximate surface area is 138 Å². The normalized spacial score (nSPS) is 15.0. The summed E-state index contributed by atoms with van der Waals surface area (Å²) in [5, 5.41) is 0. The van der Waals surface area contributed by atoms with Gasteiger partial charge in [0.05, 0.1) is 16.3 Å². The molecule has 2 aromatic carbocycles. The molecule has 0 spiro atoms. The molecule has 0 radical (unpaired) electrons. The van der Waals surface area contributed by atoms with E-state index in [1.165, 1.54) is 42.5 Å². The Morgan fingerprint density at radius 1 is 0.958 bits per heavy atom. The maximum atomic E-state index is 13.1. The minimum atomic E-state index is -3.90. The number of hydrogen-bond acceptors (Lipinski definition) is 4. The molecule has 0 aromatic heterocycles. The number of sulfonamides is 1. The summed E-state index contributed by atoms with van der Waals surface area (Å²) >= 11 is 0. The number of carbonyl (C=O) groups is 2. The zero-order valence-electron chi connectivity index (χ0n) is 12.4. The van der Waals surface area contributed by atoms with Crippen LogP contribution in [0.25, 0.3) is 0 Å². The number of imide groups is 1. The third kappa shape index (κ3) is 3.13. The first-order chi connectivity index (χ1) is 11.4. The number of amides is 2. The molecule has 6 nitrogen and oxygen atoms in total. The molecule has 0 atom stereocenters. The average Bonchev–Trinajstić information content (AvgIpc) is 2.86. The van der Waals surface area contributed by atoms with Crippen LogP contribution in [0.15, 0.2) is 53.4 Å². The first-order valence-electron chi connectivity index (χ1n) is 7.11. The fourth-order valence-electron chi connectivity index (χ4n) is 2.40. The van der Waals surface area contributed by atoms with E-state index in [4.69, 9.17) is 0 Å². The smallest absolute Gasteiger partial charge is 0.261 e. The van der Waals surface area contributed by atoms with Gasteiger partial charge in [0.1, 0.15) is 5.82 Å². The third-order valence-electron chi connectivity index (χ3n) is 3.53. The van der Waals surface area contributed by atoms with Crippen molar-refractivity contribution in [3.05, 3.63) is 54.3 Å². The van der Waals surface area contributed by atoms with Gasteiger partial charge in [-0.2, -0.15) is 0 Å². The van der Waals surface area contributed by atoms with Crippen molar-refractivity contribution in [2.75, 3.05) is 9.62 Å². The van der Waals surface area contributed by atoms with Gasteiger partial charge in [-0.25, -0.2) is 12.8 Å². The van der Waals surface area contributed by atoms with Gasteiger partial charge in [-0.05, 0) is 42.5 Å². The van der Waals surface area contributed by atoms with E-state index in [0.717, 1.165) is 11.0 Å². The molecule has 0 aliphatic carbocycles. The quantitative estimate of drug-likeness (QED) is 0.859. The van der Waals surface area contributed by atoms with Crippen LogP contribution in [0, 0.1) is 5.82 Å². The van der Waals surface area contributed by atoms with Crippen molar-refractivity contribution in [2.45, 2.75) is 17.7 Å². The fourth-order valence-corrected chi connectivity index (χ4v) is 3.45. The van der Waals surface area contributed by atoms with Gasteiger partial charge >= 0.3 is 0 Å². The predicted molar refractivity (Wildman–Crippen MR) is 85.4 cm³/mol. The van der Waals surface area contributed by atoms with E-state index in [1.54, 1.807) is 0 Å². The Bertz CT molecular complexity index is 894. The van der Waals surface area contributed by atoms with Gasteiger partial charge in [-0.1, -0.05) is 6.07 Å². The van der Waals surface area contributed by atoms with Crippen LogP contribution in [-0.2, 0) is 19.6 Å². The number of hydrogen-bond donors (Lipinski definition) is 1. The molecule has 0 saturated carbocycles. The minimum Gasteiger partial charge on any atom is -0.280 e. The number of nitrogens with one attached hydrogen (secondary N) is 1. The lowest BCUT2D eigenvalue weighted by Gasteiger charge is -2.14. The Kier molecular flexibility index (Phi) is 4.06. The van der Waals surface area contributed by atoms with E-state index in [2.05, 4.69) is 4.72 Å². The number of nitrogens with zero attached hydrogens (tertiary/aromatic N) is 1. The maximum absolute atomic E-state index is 13.1. The second-order valence-corrected chi connectivity index (χ2v) is 6.92. The molecule has 1 aliphatic rings. The molecular formula is C16H13FN2O4S. The van der Waals surface area contributed by atoms with Gasteiger partial charge in [0, 0.05) is 12.8 Å². The number of rotatable bonds is 4. The highest BCUT2D eigenvalue weighted by molar-refractivity contribution is 7.92. The summed E-state index contributed by atoms with van der Waals surface area (Å²) in [5.41, 5.74) is 0.427. The van der Waals surface area contributed by atoms with Crippen molar-refractivity contribution >= 4 is 33.2 Å². The molecule has 2 amide bonds. The van der Waals surface area contributed by atoms with Gasteiger partial charge in [-0.15, -0.1) is 0 Å². The highest BCUT2D eigenvalue weighted by Gasteiger charge is 2.30. The topological polar surface area (TPSA) is 83.6 Å². The van der Waals surface area contributed by atoms with Gasteiger partial charge < -0.3 is 0 Å². The summed E-state index contributed by atoms with van der Waals surface area (Å²) in [4.78, 5) is 24.3. The van der Waals surface area contributed by atoms with Gasteiger partial charge in [0.15, 0.2) is 0 Å². The maximum Gasteiger partial charge on any atom is 0.261 e. The Balaban J connectivity index is 1.84. The zero-order chi connectivity index (χ0) is 17.3. The fraction of sp³-hybridized carbons (Fsp3) is 0.125. The van der Waals surface area contributed by atoms with Crippen molar-refractivity contribution in [1.82, 2.24) is 0 Å². The molecule has 1 saturated heterocycles. The van der Waals surface area contributed by atoms with Crippen LogP contribution in [0.3, 0.4) is 0 Å². The van der Waals surface area contributed by atoms with Crippen LogP contribution in [0.1, 0.15) is 12.8 Å². The molecule has 1 N–H and O–H groups in total. The van der Waals surface area contributed by atoms with Crippen molar-refractivity contribution in [3.63, 3.8) is 0 Å². The average molecular weight is 348 g/mol.